The van der Waals surface area contributed by atoms with Crippen LogP contribution in [0.15, 0.2) is 30.5 Å². The van der Waals surface area contributed by atoms with Crippen LogP contribution in [0.5, 0.6) is 17.2 Å². The molecule has 29 heavy (non-hydrogen) atoms. The topological polar surface area (TPSA) is 82.9 Å². The molecule has 1 aromatic carbocycles. The van der Waals surface area contributed by atoms with Crippen LogP contribution in [-0.4, -0.2) is 59.3 Å². The van der Waals surface area contributed by atoms with E-state index in [9.17, 15) is 9.59 Å². The molecule has 3 heterocycles. The summed E-state index contributed by atoms with van der Waals surface area (Å²) in [5.41, 5.74) is 0.627. The number of amides is 1. The van der Waals surface area contributed by atoms with Gasteiger partial charge in [0.05, 0.1) is 13.0 Å². The van der Waals surface area contributed by atoms with Crippen LogP contribution in [0.2, 0.25) is 0 Å². The summed E-state index contributed by atoms with van der Waals surface area (Å²) in [5.74, 6) is 2.14. The third-order valence-corrected chi connectivity index (χ3v) is 5.39. The summed E-state index contributed by atoms with van der Waals surface area (Å²) in [6.45, 7) is 2.56. The van der Waals surface area contributed by atoms with Crippen molar-refractivity contribution in [2.24, 2.45) is 13.0 Å². The normalized spacial score (nSPS) is 16.5. The molecule has 0 N–H and O–H groups in total. The van der Waals surface area contributed by atoms with Gasteiger partial charge in [0, 0.05) is 38.3 Å². The Balaban J connectivity index is 1.22. The van der Waals surface area contributed by atoms with E-state index >= 15 is 0 Å². The van der Waals surface area contributed by atoms with E-state index in [2.05, 4.69) is 5.10 Å². The maximum atomic E-state index is 12.6. The Labute approximate surface area is 169 Å². The van der Waals surface area contributed by atoms with Crippen LogP contribution in [0.4, 0.5) is 0 Å². The molecule has 0 atom stereocenters. The van der Waals surface area contributed by atoms with Crippen LogP contribution in [0.25, 0.3) is 0 Å². The molecule has 4 rings (SSSR count). The second-order valence-electron chi connectivity index (χ2n) is 7.26. The number of carbonyl (C=O) groups is 2. The average Bonchev–Trinajstić information content (AvgIpc) is 3.19. The molecule has 0 spiro atoms. The molecule has 0 bridgehead atoms. The number of benzene rings is 1. The fraction of sp³-hybridized carbons (Fsp3) is 0.476. The van der Waals surface area contributed by atoms with Gasteiger partial charge in [0.2, 0.25) is 5.91 Å². The first-order chi connectivity index (χ1) is 14.1. The molecule has 0 aliphatic carbocycles. The van der Waals surface area contributed by atoms with Gasteiger partial charge in [0.25, 0.3) is 0 Å². The Morgan fingerprint density at radius 1 is 1.14 bits per heavy atom. The van der Waals surface area contributed by atoms with Gasteiger partial charge in [-0.25, -0.2) is 0 Å². The second-order valence-corrected chi connectivity index (χ2v) is 7.26. The van der Waals surface area contributed by atoms with Crippen LogP contribution in [0, 0.1) is 5.92 Å². The predicted octanol–water partition coefficient (Wildman–Crippen LogP) is 2.08. The second kappa shape index (κ2) is 8.55. The van der Waals surface area contributed by atoms with E-state index in [4.69, 9.17) is 14.2 Å². The van der Waals surface area contributed by atoms with E-state index in [1.165, 1.54) is 0 Å². The summed E-state index contributed by atoms with van der Waals surface area (Å²) in [6.07, 6.45) is 3.29. The van der Waals surface area contributed by atoms with Gasteiger partial charge in [0.1, 0.15) is 24.7 Å². The van der Waals surface area contributed by atoms with Crippen molar-refractivity contribution in [1.82, 2.24) is 14.7 Å². The summed E-state index contributed by atoms with van der Waals surface area (Å²) in [6, 6.07) is 7.16. The lowest BCUT2D eigenvalue weighted by Gasteiger charge is -2.31. The van der Waals surface area contributed by atoms with E-state index in [0.29, 0.717) is 75.1 Å². The molecule has 0 unspecified atom stereocenters. The fourth-order valence-corrected chi connectivity index (χ4v) is 3.74. The van der Waals surface area contributed by atoms with Gasteiger partial charge in [-0.3, -0.25) is 14.3 Å². The number of aromatic nitrogens is 2. The first-order valence-electron chi connectivity index (χ1n) is 9.94. The Morgan fingerprint density at radius 2 is 1.90 bits per heavy atom. The van der Waals surface area contributed by atoms with Crippen LogP contribution in [0.3, 0.4) is 0 Å². The molecular formula is C21H25N3O5. The summed E-state index contributed by atoms with van der Waals surface area (Å²) in [5, 5.41) is 4.06. The highest BCUT2D eigenvalue weighted by Crippen LogP contribution is 2.33. The monoisotopic (exact) mass is 399 g/mol. The molecule has 2 aliphatic rings. The zero-order valence-corrected chi connectivity index (χ0v) is 16.5. The molecule has 8 heteroatoms. The van der Waals surface area contributed by atoms with Gasteiger partial charge in [-0.05, 0) is 31.0 Å². The molecule has 2 aromatic rings. The van der Waals surface area contributed by atoms with Gasteiger partial charge in [-0.1, -0.05) is 0 Å². The molecule has 1 amide bonds. The first kappa shape index (κ1) is 19.3. The highest BCUT2D eigenvalue weighted by atomic mass is 16.6. The Hall–Kier alpha value is -3.03. The van der Waals surface area contributed by atoms with Gasteiger partial charge in [-0.15, -0.1) is 0 Å². The maximum absolute atomic E-state index is 12.6. The maximum Gasteiger partial charge on any atom is 0.225 e. The van der Waals surface area contributed by atoms with E-state index in [0.717, 1.165) is 0 Å². The van der Waals surface area contributed by atoms with E-state index in [1.54, 1.807) is 30.1 Å². The number of Topliss-reactive ketones (excluding diaryl/α,β-unsaturated/α-hetero) is 1. The summed E-state index contributed by atoms with van der Waals surface area (Å²) >= 11 is 0. The van der Waals surface area contributed by atoms with Crippen molar-refractivity contribution in [3.63, 3.8) is 0 Å². The number of piperidine rings is 1. The number of rotatable bonds is 6. The average molecular weight is 399 g/mol. The molecule has 154 valence electrons. The largest absolute Gasteiger partial charge is 0.493 e. The van der Waals surface area contributed by atoms with Gasteiger partial charge >= 0.3 is 0 Å². The minimum absolute atomic E-state index is 0.0500. The molecule has 1 fully saturated rings. The summed E-state index contributed by atoms with van der Waals surface area (Å²) in [4.78, 5) is 26.9. The van der Waals surface area contributed by atoms with Crippen molar-refractivity contribution in [2.75, 3.05) is 32.9 Å². The van der Waals surface area contributed by atoms with Crippen molar-refractivity contribution < 1.29 is 23.8 Å². The molecule has 8 nitrogen and oxygen atoms in total. The number of hydrogen-bond acceptors (Lipinski definition) is 6. The van der Waals surface area contributed by atoms with E-state index in [1.807, 2.05) is 17.0 Å². The number of hydrogen-bond donors (Lipinski definition) is 0. The van der Waals surface area contributed by atoms with Crippen molar-refractivity contribution in [2.45, 2.75) is 19.3 Å². The van der Waals surface area contributed by atoms with Crippen molar-refractivity contribution >= 4 is 11.7 Å². The number of ketones is 1. The molecule has 2 aliphatic heterocycles. The van der Waals surface area contributed by atoms with Crippen molar-refractivity contribution in [3.8, 4) is 17.2 Å². The molecular weight excluding hydrogens is 374 g/mol. The third-order valence-electron chi connectivity index (χ3n) is 5.39. The third kappa shape index (κ3) is 4.36. The van der Waals surface area contributed by atoms with Gasteiger partial charge < -0.3 is 19.1 Å². The zero-order chi connectivity index (χ0) is 20.2. The Morgan fingerprint density at radius 3 is 2.62 bits per heavy atom. The number of carbonyl (C=O) groups excluding carboxylic acids is 2. The molecule has 1 aromatic heterocycles. The van der Waals surface area contributed by atoms with Crippen molar-refractivity contribution in [1.29, 1.82) is 0 Å². The lowest BCUT2D eigenvalue weighted by Crippen LogP contribution is -2.41. The van der Waals surface area contributed by atoms with Gasteiger partial charge in [-0.2, -0.15) is 5.10 Å². The van der Waals surface area contributed by atoms with Crippen LogP contribution < -0.4 is 14.2 Å². The summed E-state index contributed by atoms with van der Waals surface area (Å²) in [7, 11) is 1.77. The molecule has 1 saturated heterocycles. The fourth-order valence-electron chi connectivity index (χ4n) is 3.74. The van der Waals surface area contributed by atoms with E-state index in [-0.39, 0.29) is 17.6 Å². The minimum atomic E-state index is -0.0524. The highest BCUT2D eigenvalue weighted by molar-refractivity contribution is 5.96. The van der Waals surface area contributed by atoms with Crippen LogP contribution in [-0.2, 0) is 11.8 Å². The summed E-state index contributed by atoms with van der Waals surface area (Å²) < 4.78 is 18.3. The zero-order valence-electron chi connectivity index (χ0n) is 16.5. The Bertz CT molecular complexity index is 886. The van der Waals surface area contributed by atoms with Crippen LogP contribution in [0.1, 0.15) is 29.8 Å². The lowest BCUT2D eigenvalue weighted by molar-refractivity contribution is -0.132. The SMILES string of the molecule is Cn1nccc1C(=O)C1CCN(C(=O)CCOc2ccc3c(c2)OCCO3)CC1. The quantitative estimate of drug-likeness (QED) is 0.692. The first-order valence-corrected chi connectivity index (χ1v) is 9.94. The van der Waals surface area contributed by atoms with Crippen LogP contribution >= 0.6 is 0 Å². The highest BCUT2D eigenvalue weighted by Gasteiger charge is 2.29. The Kier molecular flexibility index (Phi) is 5.69. The number of fused-ring (bicyclic) bond motifs is 1. The predicted molar refractivity (Wildman–Crippen MR) is 104 cm³/mol. The minimum Gasteiger partial charge on any atom is -0.493 e. The molecule has 0 radical (unpaired) electrons. The van der Waals surface area contributed by atoms with Crippen molar-refractivity contribution in [3.05, 3.63) is 36.2 Å². The van der Waals surface area contributed by atoms with Gasteiger partial charge in [0.15, 0.2) is 17.3 Å². The smallest absolute Gasteiger partial charge is 0.225 e. The number of ether oxygens (including phenoxy) is 3. The number of likely N-dealkylation sites (tertiary alicyclic amines) is 1. The standard InChI is InChI=1S/C21H25N3O5/c1-23-17(4-8-22-23)21(26)15-5-9-24(10-6-15)20(25)7-11-27-16-2-3-18-19(14-16)29-13-12-28-18/h2-4,8,14-15H,5-7,9-13H2,1H3. The molecule has 0 saturated carbocycles. The number of nitrogens with zero attached hydrogens (tertiary/aromatic N) is 3. The number of aryl methyl sites for hydroxylation is 1. The lowest BCUT2D eigenvalue weighted by atomic mass is 9.91. The van der Waals surface area contributed by atoms with E-state index < -0.39 is 0 Å².